The molecule has 0 saturated heterocycles. The first-order valence-electron chi connectivity index (χ1n) is 5.50. The van der Waals surface area contributed by atoms with Crippen LogP contribution in [0.1, 0.15) is 18.9 Å². The van der Waals surface area contributed by atoms with E-state index >= 15 is 0 Å². The Morgan fingerprint density at radius 2 is 2.31 bits per heavy atom. The summed E-state index contributed by atoms with van der Waals surface area (Å²) in [5, 5.41) is 3.37. The summed E-state index contributed by atoms with van der Waals surface area (Å²) in [6, 6.07) is 6.02. The predicted octanol–water partition coefficient (Wildman–Crippen LogP) is 3.51. The molecule has 2 nitrogen and oxygen atoms in total. The number of rotatable bonds is 7. The summed E-state index contributed by atoms with van der Waals surface area (Å²) in [4.78, 5) is 0. The van der Waals surface area contributed by atoms with E-state index in [0.29, 0.717) is 6.61 Å². The third kappa shape index (κ3) is 4.37. The molecular formula is C13H18BrNO. The average molecular weight is 284 g/mol. The van der Waals surface area contributed by atoms with Crippen LogP contribution in [0, 0.1) is 0 Å². The third-order valence-corrected chi connectivity index (χ3v) is 2.90. The van der Waals surface area contributed by atoms with E-state index in [0.717, 1.165) is 29.7 Å². The highest BCUT2D eigenvalue weighted by molar-refractivity contribution is 9.10. The topological polar surface area (TPSA) is 21.3 Å². The van der Waals surface area contributed by atoms with E-state index in [1.807, 2.05) is 12.1 Å². The van der Waals surface area contributed by atoms with Gasteiger partial charge in [0.15, 0.2) is 0 Å². The molecule has 0 fully saturated rings. The van der Waals surface area contributed by atoms with Gasteiger partial charge in [0.05, 0.1) is 0 Å². The average Bonchev–Trinajstić information content (AvgIpc) is 2.30. The molecule has 1 N–H and O–H groups in total. The molecule has 3 heteroatoms. The number of benzene rings is 1. The molecule has 0 aliphatic heterocycles. The molecule has 0 atom stereocenters. The van der Waals surface area contributed by atoms with Crippen LogP contribution >= 0.6 is 15.9 Å². The Hall–Kier alpha value is -0.800. The minimum atomic E-state index is 0.545. The van der Waals surface area contributed by atoms with E-state index in [-0.39, 0.29) is 0 Å². The molecule has 0 aliphatic rings. The van der Waals surface area contributed by atoms with Gasteiger partial charge in [0.1, 0.15) is 12.4 Å². The van der Waals surface area contributed by atoms with Crippen LogP contribution in [0.2, 0.25) is 0 Å². The summed E-state index contributed by atoms with van der Waals surface area (Å²) in [7, 11) is 0. The fraction of sp³-hybridized carbons (Fsp3) is 0.385. The molecule has 1 rings (SSSR count). The predicted molar refractivity (Wildman–Crippen MR) is 71.8 cm³/mol. The summed E-state index contributed by atoms with van der Waals surface area (Å²) in [6.07, 6.45) is 2.89. The second-order valence-corrected chi connectivity index (χ2v) is 4.38. The maximum atomic E-state index is 5.49. The van der Waals surface area contributed by atoms with Crippen molar-refractivity contribution in [2.24, 2.45) is 0 Å². The molecule has 0 unspecified atom stereocenters. The summed E-state index contributed by atoms with van der Waals surface area (Å²) < 4.78 is 6.60. The van der Waals surface area contributed by atoms with E-state index in [2.05, 4.69) is 40.8 Å². The summed E-state index contributed by atoms with van der Waals surface area (Å²) in [5.41, 5.74) is 1.22. The molecule has 16 heavy (non-hydrogen) atoms. The summed E-state index contributed by atoms with van der Waals surface area (Å²) >= 11 is 3.54. The first-order chi connectivity index (χ1) is 7.77. The van der Waals surface area contributed by atoms with E-state index in [1.54, 1.807) is 6.08 Å². The lowest BCUT2D eigenvalue weighted by atomic mass is 10.2. The monoisotopic (exact) mass is 283 g/mol. The van der Waals surface area contributed by atoms with Crippen LogP contribution in [0.3, 0.4) is 0 Å². The van der Waals surface area contributed by atoms with E-state index < -0.39 is 0 Å². The van der Waals surface area contributed by atoms with Gasteiger partial charge in [0, 0.05) is 11.0 Å². The normalized spacial score (nSPS) is 10.1. The molecule has 1 aromatic rings. The van der Waals surface area contributed by atoms with Gasteiger partial charge in [-0.1, -0.05) is 35.5 Å². The van der Waals surface area contributed by atoms with E-state index in [4.69, 9.17) is 4.74 Å². The van der Waals surface area contributed by atoms with Crippen molar-refractivity contribution >= 4 is 15.9 Å². The van der Waals surface area contributed by atoms with Crippen LogP contribution in [0.4, 0.5) is 0 Å². The Labute approximate surface area is 106 Å². The Balaban J connectivity index is 2.62. The lowest BCUT2D eigenvalue weighted by molar-refractivity contribution is 0.362. The van der Waals surface area contributed by atoms with Crippen molar-refractivity contribution in [2.75, 3.05) is 13.2 Å². The fourth-order valence-corrected chi connectivity index (χ4v) is 1.72. The molecule has 0 saturated carbocycles. The van der Waals surface area contributed by atoms with Crippen LogP contribution in [0.5, 0.6) is 5.75 Å². The molecule has 0 aromatic heterocycles. The largest absolute Gasteiger partial charge is 0.490 e. The van der Waals surface area contributed by atoms with Crippen molar-refractivity contribution in [1.29, 1.82) is 0 Å². The Morgan fingerprint density at radius 3 is 3.00 bits per heavy atom. The van der Waals surface area contributed by atoms with Gasteiger partial charge < -0.3 is 10.1 Å². The van der Waals surface area contributed by atoms with Crippen LogP contribution in [-0.2, 0) is 6.54 Å². The highest BCUT2D eigenvalue weighted by Crippen LogP contribution is 2.22. The van der Waals surface area contributed by atoms with E-state index in [1.165, 1.54) is 5.56 Å². The number of nitrogens with one attached hydrogen (secondary N) is 1. The van der Waals surface area contributed by atoms with Gasteiger partial charge in [-0.3, -0.25) is 0 Å². The Bertz CT molecular complexity index is 339. The Kier molecular flexibility index (Phi) is 6.19. The molecule has 0 spiro atoms. The molecular weight excluding hydrogens is 266 g/mol. The Morgan fingerprint density at radius 1 is 1.50 bits per heavy atom. The number of halogens is 1. The zero-order valence-electron chi connectivity index (χ0n) is 9.63. The number of hydrogen-bond donors (Lipinski definition) is 1. The minimum absolute atomic E-state index is 0.545. The SMILES string of the molecule is C=CCOc1ccc(Br)c(CNCCC)c1. The van der Waals surface area contributed by atoms with Crippen molar-refractivity contribution in [3.05, 3.63) is 40.9 Å². The zero-order chi connectivity index (χ0) is 11.8. The van der Waals surface area contributed by atoms with Gasteiger partial charge in [-0.15, -0.1) is 0 Å². The maximum Gasteiger partial charge on any atom is 0.120 e. The van der Waals surface area contributed by atoms with Crippen molar-refractivity contribution in [2.45, 2.75) is 19.9 Å². The quantitative estimate of drug-likeness (QED) is 0.611. The summed E-state index contributed by atoms with van der Waals surface area (Å²) in [5.74, 6) is 0.886. The number of ether oxygens (including phenoxy) is 1. The van der Waals surface area contributed by atoms with Crippen LogP contribution in [0.15, 0.2) is 35.3 Å². The van der Waals surface area contributed by atoms with Gasteiger partial charge in [-0.2, -0.15) is 0 Å². The zero-order valence-corrected chi connectivity index (χ0v) is 11.2. The molecule has 0 amide bonds. The standard InChI is InChI=1S/C13H18BrNO/c1-3-7-15-10-11-9-12(16-8-4-2)5-6-13(11)14/h4-6,9,15H,2-3,7-8,10H2,1H3. The first kappa shape index (κ1) is 13.3. The number of hydrogen-bond acceptors (Lipinski definition) is 2. The van der Waals surface area contributed by atoms with Crippen molar-refractivity contribution in [3.63, 3.8) is 0 Å². The molecule has 1 aromatic carbocycles. The van der Waals surface area contributed by atoms with Gasteiger partial charge in [-0.05, 0) is 36.7 Å². The first-order valence-corrected chi connectivity index (χ1v) is 6.30. The third-order valence-electron chi connectivity index (χ3n) is 2.13. The van der Waals surface area contributed by atoms with Gasteiger partial charge in [0.25, 0.3) is 0 Å². The molecule has 0 radical (unpaired) electrons. The van der Waals surface area contributed by atoms with Crippen molar-refractivity contribution in [1.82, 2.24) is 5.32 Å². The fourth-order valence-electron chi connectivity index (χ4n) is 1.33. The smallest absolute Gasteiger partial charge is 0.120 e. The van der Waals surface area contributed by atoms with Crippen LogP contribution in [0.25, 0.3) is 0 Å². The van der Waals surface area contributed by atoms with Crippen LogP contribution < -0.4 is 10.1 Å². The van der Waals surface area contributed by atoms with Crippen molar-refractivity contribution in [3.8, 4) is 5.75 Å². The highest BCUT2D eigenvalue weighted by Gasteiger charge is 2.01. The van der Waals surface area contributed by atoms with Gasteiger partial charge >= 0.3 is 0 Å². The molecule has 0 aliphatic carbocycles. The lowest BCUT2D eigenvalue weighted by Crippen LogP contribution is -2.14. The maximum absolute atomic E-state index is 5.49. The highest BCUT2D eigenvalue weighted by atomic mass is 79.9. The second kappa shape index (κ2) is 7.47. The lowest BCUT2D eigenvalue weighted by Gasteiger charge is -2.09. The molecule has 0 bridgehead atoms. The molecule has 88 valence electrons. The minimum Gasteiger partial charge on any atom is -0.490 e. The second-order valence-electron chi connectivity index (χ2n) is 3.53. The summed E-state index contributed by atoms with van der Waals surface area (Å²) in [6.45, 7) is 8.23. The van der Waals surface area contributed by atoms with Gasteiger partial charge in [0.2, 0.25) is 0 Å². The van der Waals surface area contributed by atoms with Crippen molar-refractivity contribution < 1.29 is 4.74 Å². The molecule has 0 heterocycles. The van der Waals surface area contributed by atoms with Gasteiger partial charge in [-0.25, -0.2) is 0 Å². The van der Waals surface area contributed by atoms with E-state index in [9.17, 15) is 0 Å². The van der Waals surface area contributed by atoms with Crippen LogP contribution in [-0.4, -0.2) is 13.2 Å².